The van der Waals surface area contributed by atoms with Crippen molar-refractivity contribution in [1.82, 2.24) is 15.2 Å². The number of aliphatic hydroxyl groups excluding tert-OH is 1. The summed E-state index contributed by atoms with van der Waals surface area (Å²) in [5, 5.41) is 12.1. The fourth-order valence-electron chi connectivity index (χ4n) is 7.09. The highest BCUT2D eigenvalue weighted by Gasteiger charge is 2.48. The van der Waals surface area contributed by atoms with Crippen molar-refractivity contribution >= 4 is 5.91 Å². The number of benzene rings is 1. The summed E-state index contributed by atoms with van der Waals surface area (Å²) in [6, 6.07) is 13.0. The third-order valence-corrected chi connectivity index (χ3v) is 9.04. The van der Waals surface area contributed by atoms with Gasteiger partial charge in [-0.15, -0.1) is 0 Å². The summed E-state index contributed by atoms with van der Waals surface area (Å²) in [7, 11) is 0. The van der Waals surface area contributed by atoms with Gasteiger partial charge in [0, 0.05) is 19.3 Å². The summed E-state index contributed by atoms with van der Waals surface area (Å²) >= 11 is 0. The Bertz CT molecular complexity index is 975. The molecule has 3 aliphatic heterocycles. The molecule has 2 aromatic rings. The van der Waals surface area contributed by atoms with Gasteiger partial charge in [-0.3, -0.25) is 9.78 Å². The maximum atomic E-state index is 12.3. The summed E-state index contributed by atoms with van der Waals surface area (Å²) in [5.41, 5.74) is 4.56. The van der Waals surface area contributed by atoms with E-state index in [-0.39, 0.29) is 12.5 Å². The Kier molecular flexibility index (Phi) is 7.84. The Morgan fingerprint density at radius 3 is 2.60 bits per heavy atom. The largest absolute Gasteiger partial charge is 0.390 e. The van der Waals surface area contributed by atoms with E-state index < -0.39 is 0 Å². The van der Waals surface area contributed by atoms with E-state index in [0.29, 0.717) is 23.2 Å². The Labute approximate surface area is 210 Å². The zero-order chi connectivity index (χ0) is 24.1. The number of nitrogens with one attached hydrogen (secondary N) is 1. The van der Waals surface area contributed by atoms with Crippen molar-refractivity contribution < 1.29 is 9.90 Å². The first kappa shape index (κ1) is 24.5. The lowest BCUT2D eigenvalue weighted by atomic mass is 9.56. The minimum Gasteiger partial charge on any atom is -0.390 e. The first-order valence-electron chi connectivity index (χ1n) is 13.8. The molecule has 35 heavy (non-hydrogen) atoms. The van der Waals surface area contributed by atoms with Crippen LogP contribution in [0.15, 0.2) is 42.6 Å². The van der Waals surface area contributed by atoms with Gasteiger partial charge in [-0.1, -0.05) is 43.5 Å². The summed E-state index contributed by atoms with van der Waals surface area (Å²) in [5.74, 6) is 1.65. The van der Waals surface area contributed by atoms with Crippen molar-refractivity contribution in [2.24, 2.45) is 11.8 Å². The number of carbonyl (C=O) groups excluding carboxylic acids is 1. The maximum Gasteiger partial charge on any atom is 0.252 e. The molecule has 5 heteroatoms. The lowest BCUT2D eigenvalue weighted by Crippen LogP contribution is -2.55. The molecule has 4 fully saturated rings. The lowest BCUT2D eigenvalue weighted by Gasteiger charge is -2.55. The topological polar surface area (TPSA) is 65.5 Å². The Morgan fingerprint density at radius 2 is 1.91 bits per heavy atom. The van der Waals surface area contributed by atoms with Crippen molar-refractivity contribution in [3.05, 3.63) is 65.0 Å². The summed E-state index contributed by atoms with van der Waals surface area (Å²) in [4.78, 5) is 19.1. The SMILES string of the molecule is O=C(NCCCCc1cccc(C2([C@@H]3CN4CCC3CC4)CCCCC2)c1)c1ccc(CO)nc1. The van der Waals surface area contributed by atoms with Gasteiger partial charge in [-0.2, -0.15) is 0 Å². The standard InChI is InChI=1S/C30H41N3O2/c34-22-27-11-10-25(20-32-27)29(35)31-16-5-2-7-23-8-6-9-26(19-23)30(14-3-1-4-15-30)28-21-33-17-12-24(28)13-18-33/h6,8-11,19-20,24,28,34H,1-5,7,12-18,21-22H2,(H,31,35)/t28-/m1/s1. The van der Waals surface area contributed by atoms with Crippen molar-refractivity contribution in [2.75, 3.05) is 26.2 Å². The number of rotatable bonds is 9. The van der Waals surface area contributed by atoms with Gasteiger partial charge in [-0.25, -0.2) is 0 Å². The Balaban J connectivity index is 1.17. The number of aliphatic hydroxyl groups is 1. The molecular formula is C30H41N3O2. The average molecular weight is 476 g/mol. The van der Waals surface area contributed by atoms with Crippen LogP contribution in [0.3, 0.4) is 0 Å². The molecule has 2 bridgehead atoms. The van der Waals surface area contributed by atoms with Gasteiger partial charge in [0.05, 0.1) is 17.9 Å². The van der Waals surface area contributed by atoms with Crippen LogP contribution in [-0.4, -0.2) is 47.1 Å². The minimum atomic E-state index is -0.107. The molecule has 2 N–H and O–H groups in total. The van der Waals surface area contributed by atoms with E-state index >= 15 is 0 Å². The van der Waals surface area contributed by atoms with Crippen LogP contribution in [0.4, 0.5) is 0 Å². The van der Waals surface area contributed by atoms with Crippen molar-refractivity contribution in [1.29, 1.82) is 0 Å². The number of piperidine rings is 3. The van der Waals surface area contributed by atoms with Crippen LogP contribution in [0.2, 0.25) is 0 Å². The molecule has 4 heterocycles. The molecule has 3 saturated heterocycles. The van der Waals surface area contributed by atoms with E-state index in [2.05, 4.69) is 39.5 Å². The van der Waals surface area contributed by atoms with Gasteiger partial charge in [-0.05, 0) is 98.5 Å². The Hall–Kier alpha value is -2.24. The van der Waals surface area contributed by atoms with Crippen molar-refractivity contribution in [3.8, 4) is 0 Å². The van der Waals surface area contributed by atoms with Gasteiger partial charge in [0.2, 0.25) is 0 Å². The predicted octanol–water partition coefficient (Wildman–Crippen LogP) is 4.87. The fraction of sp³-hybridized carbons (Fsp3) is 0.600. The van der Waals surface area contributed by atoms with Crippen LogP contribution < -0.4 is 5.32 Å². The molecule has 5 nitrogen and oxygen atoms in total. The third-order valence-electron chi connectivity index (χ3n) is 9.04. The van der Waals surface area contributed by atoms with E-state index in [1.54, 1.807) is 17.7 Å². The number of nitrogens with zero attached hydrogens (tertiary/aromatic N) is 2. The number of fused-ring (bicyclic) bond motifs is 3. The van der Waals surface area contributed by atoms with Gasteiger partial charge in [0.25, 0.3) is 5.91 Å². The summed E-state index contributed by atoms with van der Waals surface area (Å²) in [6.45, 7) is 4.51. The normalized spacial score (nSPS) is 25.3. The average Bonchev–Trinajstić information content (AvgIpc) is 2.94. The molecule has 4 aliphatic rings. The van der Waals surface area contributed by atoms with E-state index in [9.17, 15) is 4.79 Å². The second-order valence-electron chi connectivity index (χ2n) is 11.1. The number of pyridine rings is 1. The van der Waals surface area contributed by atoms with Gasteiger partial charge in [0.1, 0.15) is 0 Å². The van der Waals surface area contributed by atoms with Crippen LogP contribution in [-0.2, 0) is 18.4 Å². The van der Waals surface area contributed by atoms with Crippen LogP contribution >= 0.6 is 0 Å². The molecule has 1 aromatic carbocycles. The molecule has 1 aliphatic carbocycles. The van der Waals surface area contributed by atoms with Gasteiger partial charge in [0.15, 0.2) is 0 Å². The van der Waals surface area contributed by atoms with Crippen LogP contribution in [0.1, 0.15) is 85.0 Å². The molecule has 6 rings (SSSR count). The number of hydrogen-bond acceptors (Lipinski definition) is 4. The first-order chi connectivity index (χ1) is 17.2. The first-order valence-corrected chi connectivity index (χ1v) is 13.8. The van der Waals surface area contributed by atoms with E-state index in [0.717, 1.165) is 31.1 Å². The van der Waals surface area contributed by atoms with Crippen LogP contribution in [0.5, 0.6) is 0 Å². The molecule has 1 amide bonds. The Morgan fingerprint density at radius 1 is 1.09 bits per heavy atom. The smallest absolute Gasteiger partial charge is 0.252 e. The second kappa shape index (κ2) is 11.2. The quantitative estimate of drug-likeness (QED) is 0.508. The molecule has 1 aromatic heterocycles. The number of aromatic nitrogens is 1. The predicted molar refractivity (Wildman–Crippen MR) is 139 cm³/mol. The number of carbonyl (C=O) groups is 1. The summed E-state index contributed by atoms with van der Waals surface area (Å²) < 4.78 is 0. The number of aryl methyl sites for hydroxylation is 1. The zero-order valence-corrected chi connectivity index (χ0v) is 21.1. The summed E-state index contributed by atoms with van der Waals surface area (Å²) in [6.07, 6.45) is 14.3. The van der Waals surface area contributed by atoms with Crippen molar-refractivity contribution in [3.63, 3.8) is 0 Å². The lowest BCUT2D eigenvalue weighted by molar-refractivity contribution is -0.00813. The molecule has 0 radical (unpaired) electrons. The monoisotopic (exact) mass is 475 g/mol. The molecule has 1 atom stereocenters. The van der Waals surface area contributed by atoms with Crippen LogP contribution in [0.25, 0.3) is 0 Å². The van der Waals surface area contributed by atoms with Gasteiger partial charge < -0.3 is 15.3 Å². The van der Waals surface area contributed by atoms with E-state index in [1.807, 2.05) is 0 Å². The number of amides is 1. The van der Waals surface area contributed by atoms with Gasteiger partial charge >= 0.3 is 0 Å². The molecular weight excluding hydrogens is 434 g/mol. The third kappa shape index (κ3) is 5.46. The number of unbranched alkanes of at least 4 members (excludes halogenated alkanes) is 1. The maximum absolute atomic E-state index is 12.3. The zero-order valence-electron chi connectivity index (χ0n) is 21.1. The fourth-order valence-corrected chi connectivity index (χ4v) is 7.09. The highest BCUT2D eigenvalue weighted by Crippen LogP contribution is 2.52. The molecule has 0 spiro atoms. The van der Waals surface area contributed by atoms with E-state index in [1.165, 1.54) is 76.3 Å². The molecule has 0 unspecified atom stereocenters. The molecule has 1 saturated carbocycles. The second-order valence-corrected chi connectivity index (χ2v) is 11.1. The van der Waals surface area contributed by atoms with Crippen LogP contribution in [0, 0.1) is 11.8 Å². The highest BCUT2D eigenvalue weighted by molar-refractivity contribution is 5.93. The molecule has 188 valence electrons. The highest BCUT2D eigenvalue weighted by atomic mass is 16.3. The van der Waals surface area contributed by atoms with Crippen molar-refractivity contribution in [2.45, 2.75) is 76.2 Å². The number of hydrogen-bond donors (Lipinski definition) is 2. The van der Waals surface area contributed by atoms with E-state index in [4.69, 9.17) is 5.11 Å². The minimum absolute atomic E-state index is 0.0965.